The number of hydrogen-bond acceptors (Lipinski definition) is 10. The SMILES string of the molecule is Brc1ccc(-c2nc3ccccc3o2)cc1.CC1(C)OB(c2ccc3c(c2)c2ncccc2n2c4ccccc4nc32)OC1(C)C.c1ccc2oc(-c3ccc(-c4ccc5c(c4)c4ncccc4n4c6ccccc6nc54)cc3)nc2c1. The molecule has 0 unspecified atom stereocenters. The second-order valence-corrected chi connectivity index (χ2v) is 22.4. The summed E-state index contributed by atoms with van der Waals surface area (Å²) < 4.78 is 29.6. The fourth-order valence-electron chi connectivity index (χ4n) is 11.1. The predicted molar refractivity (Wildman–Crippen MR) is 332 cm³/mol. The largest absolute Gasteiger partial charge is 0.494 e. The molecular formula is C68H48BBrN8O4. The molecule has 16 aromatic rings. The third-order valence-electron chi connectivity index (χ3n) is 15.9. The van der Waals surface area contributed by atoms with Crippen LogP contribution in [0.4, 0.5) is 0 Å². The van der Waals surface area contributed by atoms with E-state index in [4.69, 9.17) is 38.1 Å². The van der Waals surface area contributed by atoms with E-state index in [0.717, 1.165) is 131 Å². The molecule has 17 rings (SSSR count). The van der Waals surface area contributed by atoms with Gasteiger partial charge in [0, 0.05) is 49.5 Å². The van der Waals surface area contributed by atoms with Gasteiger partial charge in [-0.25, -0.2) is 19.9 Å². The number of aromatic nitrogens is 8. The second-order valence-electron chi connectivity index (χ2n) is 21.5. The molecule has 0 N–H and O–H groups in total. The van der Waals surface area contributed by atoms with Crippen LogP contribution < -0.4 is 5.46 Å². The fraction of sp³-hybridized carbons (Fsp3) is 0.0882. The lowest BCUT2D eigenvalue weighted by atomic mass is 9.78. The monoisotopic (exact) mass is 1130 g/mol. The van der Waals surface area contributed by atoms with E-state index >= 15 is 0 Å². The van der Waals surface area contributed by atoms with Gasteiger partial charge >= 0.3 is 7.12 Å². The van der Waals surface area contributed by atoms with Crippen LogP contribution in [-0.2, 0) is 9.31 Å². The lowest BCUT2D eigenvalue weighted by Gasteiger charge is -2.32. The van der Waals surface area contributed by atoms with E-state index in [2.05, 4.69) is 166 Å². The van der Waals surface area contributed by atoms with Crippen molar-refractivity contribution in [3.8, 4) is 34.0 Å². The molecule has 1 aliphatic rings. The molecule has 14 heteroatoms. The Hall–Kier alpha value is -9.60. The number of hydrogen-bond donors (Lipinski definition) is 0. The zero-order chi connectivity index (χ0) is 55.3. The van der Waals surface area contributed by atoms with Gasteiger partial charge in [0.15, 0.2) is 11.2 Å². The standard InChI is InChI=1S/C31H18N4O.C24H22BN3O2.C13H8BrNO/c1-3-8-26-24(6-1)33-30-22-16-15-21(18-23(22)29-27(35(26)30)9-5-17-32-29)19-11-13-20(14-12-19)31-34-25-7-2-4-10-28(25)36-31;1-23(2)24(3,4)30-25(29-23)15-11-12-16-17(14-15)21-20(10-7-13-26-21)28-19-9-6-5-8-18(19)27-22(16)28;14-10-7-5-9(6-8-10)13-15-11-3-1-2-4-12(11)16-13/h1-18H;5-14H,1-4H3;1-8H. The number of halogens is 1. The van der Waals surface area contributed by atoms with E-state index in [1.165, 1.54) is 0 Å². The topological polar surface area (TPSA) is 131 Å². The van der Waals surface area contributed by atoms with E-state index in [9.17, 15) is 0 Å². The number of rotatable bonds is 4. The Bertz CT molecular complexity index is 5080. The molecular weight excluding hydrogens is 1080 g/mol. The quantitative estimate of drug-likeness (QED) is 0.124. The molecule has 82 heavy (non-hydrogen) atoms. The van der Waals surface area contributed by atoms with Crippen molar-refractivity contribution in [2.45, 2.75) is 38.9 Å². The van der Waals surface area contributed by atoms with Gasteiger partial charge in [0.25, 0.3) is 0 Å². The lowest BCUT2D eigenvalue weighted by molar-refractivity contribution is 0.00578. The van der Waals surface area contributed by atoms with Crippen LogP contribution in [0.5, 0.6) is 0 Å². The van der Waals surface area contributed by atoms with Gasteiger partial charge in [-0.05, 0) is 166 Å². The highest BCUT2D eigenvalue weighted by molar-refractivity contribution is 9.10. The van der Waals surface area contributed by atoms with E-state index in [1.54, 1.807) is 0 Å². The average Bonchev–Trinajstić information content (AvgIpc) is 4.52. The highest BCUT2D eigenvalue weighted by Gasteiger charge is 2.51. The summed E-state index contributed by atoms with van der Waals surface area (Å²) in [6.45, 7) is 8.30. The number of oxazole rings is 2. The van der Waals surface area contributed by atoms with E-state index in [0.29, 0.717) is 11.8 Å². The Balaban J connectivity index is 0.000000113. The first-order chi connectivity index (χ1) is 40.0. The highest BCUT2D eigenvalue weighted by atomic mass is 79.9. The minimum absolute atomic E-state index is 0.377. The summed E-state index contributed by atoms with van der Waals surface area (Å²) in [7, 11) is -0.409. The minimum Gasteiger partial charge on any atom is -0.436 e. The smallest absolute Gasteiger partial charge is 0.436 e. The maximum atomic E-state index is 6.28. The number of nitrogens with zero attached hydrogens (tertiary/aromatic N) is 8. The van der Waals surface area contributed by atoms with Crippen molar-refractivity contribution in [3.63, 3.8) is 0 Å². The molecule has 1 saturated heterocycles. The fourth-order valence-corrected chi connectivity index (χ4v) is 11.3. The van der Waals surface area contributed by atoms with Crippen LogP contribution in [0.1, 0.15) is 27.7 Å². The van der Waals surface area contributed by atoms with Crippen molar-refractivity contribution in [1.29, 1.82) is 0 Å². The summed E-state index contributed by atoms with van der Waals surface area (Å²) in [5.74, 6) is 1.29. The number of fused-ring (bicyclic) bond motifs is 18. The van der Waals surface area contributed by atoms with Crippen molar-refractivity contribution in [2.75, 3.05) is 0 Å². The number of benzene rings is 8. The summed E-state index contributed by atoms with van der Waals surface area (Å²) in [5.41, 5.74) is 17.8. The maximum absolute atomic E-state index is 6.28. The van der Waals surface area contributed by atoms with Crippen molar-refractivity contribution in [1.82, 2.24) is 38.7 Å². The first-order valence-electron chi connectivity index (χ1n) is 27.1. The van der Waals surface area contributed by atoms with Gasteiger partial charge in [-0.3, -0.25) is 18.8 Å². The summed E-state index contributed by atoms with van der Waals surface area (Å²) >= 11 is 3.40. The molecule has 12 nitrogen and oxygen atoms in total. The van der Waals surface area contributed by atoms with Gasteiger partial charge in [-0.2, -0.15) is 0 Å². The molecule has 1 fully saturated rings. The third-order valence-corrected chi connectivity index (χ3v) is 16.4. The Kier molecular flexibility index (Phi) is 11.6. The third kappa shape index (κ3) is 8.36. The molecule has 0 aliphatic carbocycles. The second kappa shape index (κ2) is 19.3. The van der Waals surface area contributed by atoms with Crippen LogP contribution in [0, 0.1) is 0 Å². The normalized spacial score (nSPS) is 14.0. The van der Waals surface area contributed by atoms with Gasteiger partial charge in [-0.15, -0.1) is 0 Å². The zero-order valence-electron chi connectivity index (χ0n) is 45.0. The minimum atomic E-state index is -0.409. The molecule has 0 amide bonds. The van der Waals surface area contributed by atoms with Crippen molar-refractivity contribution < 1.29 is 18.1 Å². The molecule has 8 aromatic heterocycles. The molecule has 0 spiro atoms. The molecule has 9 heterocycles. The van der Waals surface area contributed by atoms with Crippen LogP contribution in [-0.4, -0.2) is 57.0 Å². The van der Waals surface area contributed by atoms with Crippen LogP contribution in [0.15, 0.2) is 232 Å². The highest BCUT2D eigenvalue weighted by Crippen LogP contribution is 2.39. The van der Waals surface area contributed by atoms with Crippen LogP contribution in [0.2, 0.25) is 0 Å². The van der Waals surface area contributed by atoms with E-state index in [-0.39, 0.29) is 11.2 Å². The summed E-state index contributed by atoms with van der Waals surface area (Å²) in [6.07, 6.45) is 3.70. The lowest BCUT2D eigenvalue weighted by Crippen LogP contribution is -2.41. The molecule has 394 valence electrons. The number of imidazole rings is 2. The van der Waals surface area contributed by atoms with E-state index in [1.807, 2.05) is 116 Å². The maximum Gasteiger partial charge on any atom is 0.494 e. The summed E-state index contributed by atoms with van der Waals surface area (Å²) in [6, 6.07) is 69.4. The van der Waals surface area contributed by atoms with Gasteiger partial charge in [0.2, 0.25) is 11.8 Å². The van der Waals surface area contributed by atoms with E-state index < -0.39 is 7.12 Å². The molecule has 8 aromatic carbocycles. The van der Waals surface area contributed by atoms with Gasteiger partial charge in [-0.1, -0.05) is 101 Å². The Morgan fingerprint density at radius 1 is 0.390 bits per heavy atom. The Morgan fingerprint density at radius 3 is 1.34 bits per heavy atom. The molecule has 0 atom stereocenters. The van der Waals surface area contributed by atoms with Crippen LogP contribution >= 0.6 is 15.9 Å². The molecule has 0 radical (unpaired) electrons. The van der Waals surface area contributed by atoms with Crippen LogP contribution in [0.3, 0.4) is 0 Å². The van der Waals surface area contributed by atoms with Gasteiger partial charge < -0.3 is 18.1 Å². The molecule has 0 saturated carbocycles. The summed E-state index contributed by atoms with van der Waals surface area (Å²) in [4.78, 5) is 28.5. The van der Waals surface area contributed by atoms with Gasteiger partial charge in [0.05, 0.1) is 55.3 Å². The van der Waals surface area contributed by atoms with Crippen molar-refractivity contribution >= 4 is 128 Å². The zero-order valence-corrected chi connectivity index (χ0v) is 46.5. The Labute approximate surface area is 477 Å². The molecule has 1 aliphatic heterocycles. The summed E-state index contributed by atoms with van der Waals surface area (Å²) in [5, 5.41) is 4.30. The van der Waals surface area contributed by atoms with Crippen LogP contribution in [0.25, 0.3) is 133 Å². The predicted octanol–water partition coefficient (Wildman–Crippen LogP) is 16.4. The van der Waals surface area contributed by atoms with Crippen molar-refractivity contribution in [2.24, 2.45) is 0 Å². The number of para-hydroxylation sites is 8. The van der Waals surface area contributed by atoms with Crippen molar-refractivity contribution in [3.05, 3.63) is 223 Å². The Morgan fingerprint density at radius 2 is 0.817 bits per heavy atom. The van der Waals surface area contributed by atoms with Gasteiger partial charge in [0.1, 0.15) is 22.3 Å². The molecule has 0 bridgehead atoms. The average molecular weight is 1130 g/mol. The first-order valence-corrected chi connectivity index (χ1v) is 27.9. The first kappa shape index (κ1) is 49.4. The number of pyridine rings is 4.